The van der Waals surface area contributed by atoms with Gasteiger partial charge in [-0.2, -0.15) is 0 Å². The van der Waals surface area contributed by atoms with Gasteiger partial charge in [0.2, 0.25) is 5.91 Å². The number of benzene rings is 2. The Bertz CT molecular complexity index is 1210. The van der Waals surface area contributed by atoms with Crippen molar-refractivity contribution < 1.29 is 9.18 Å². The summed E-state index contributed by atoms with van der Waals surface area (Å²) in [6.07, 6.45) is 0.0855. The third kappa shape index (κ3) is 3.98. The van der Waals surface area contributed by atoms with Crippen molar-refractivity contribution in [3.63, 3.8) is 0 Å². The molecule has 1 N–H and O–H groups in total. The van der Waals surface area contributed by atoms with Crippen LogP contribution in [0.2, 0.25) is 0 Å². The molecule has 30 heavy (non-hydrogen) atoms. The molecule has 0 aliphatic carbocycles. The van der Waals surface area contributed by atoms with E-state index in [0.717, 1.165) is 5.69 Å². The Hall–Kier alpha value is -3.42. The molecule has 2 aromatic carbocycles. The normalized spacial score (nSPS) is 11.0. The molecule has 0 aliphatic rings. The quantitative estimate of drug-likeness (QED) is 0.631. The van der Waals surface area contributed by atoms with Crippen LogP contribution in [0.5, 0.6) is 0 Å². The third-order valence-corrected chi connectivity index (χ3v) is 5.26. The fourth-order valence-corrected chi connectivity index (χ4v) is 3.52. The number of carbonyl (C=O) groups excluding carboxylic acids is 1. The molecule has 0 aliphatic heterocycles. The summed E-state index contributed by atoms with van der Waals surface area (Å²) in [6, 6.07) is 9.30. The van der Waals surface area contributed by atoms with E-state index in [0.29, 0.717) is 35.4 Å². The number of nitrogens with one attached hydrogen (secondary N) is 1. The average molecular weight is 412 g/mol. The highest BCUT2D eigenvalue weighted by Crippen LogP contribution is 2.30. The largest absolute Gasteiger partial charge is 0.370 e. The molecule has 1 amide bonds. The van der Waals surface area contributed by atoms with E-state index in [1.54, 1.807) is 25.2 Å². The van der Waals surface area contributed by atoms with Gasteiger partial charge in [-0.1, -0.05) is 12.1 Å². The Morgan fingerprint density at radius 1 is 0.967 bits per heavy atom. The molecule has 0 atom stereocenters. The lowest BCUT2D eigenvalue weighted by atomic mass is 10.1. The molecule has 1 heterocycles. The molecule has 0 saturated heterocycles. The van der Waals surface area contributed by atoms with Gasteiger partial charge in [0.15, 0.2) is 0 Å². The lowest BCUT2D eigenvalue weighted by molar-refractivity contribution is -0.115. The molecule has 1 aromatic heterocycles. The summed E-state index contributed by atoms with van der Waals surface area (Å²) in [6.45, 7) is 5.39. The molecule has 0 saturated carbocycles. The van der Waals surface area contributed by atoms with Gasteiger partial charge in [-0.25, -0.2) is 4.39 Å². The summed E-state index contributed by atoms with van der Waals surface area (Å²) in [7, 11) is 3.10. The summed E-state index contributed by atoms with van der Waals surface area (Å²) in [5.41, 5.74) is 1.89. The zero-order chi connectivity index (χ0) is 22.0. The standard InChI is InChI=1S/C22H25FN4O3/c1-5-27(6-2)17-13-19-18(25(3)21(29)22(30)26(19)4)12-16(17)24-20(28)11-14-7-9-15(23)10-8-14/h7-10,12-13H,5-6,11H2,1-4H3,(H,24,28). The maximum atomic E-state index is 13.1. The smallest absolute Gasteiger partial charge is 0.316 e. The molecule has 0 radical (unpaired) electrons. The fourth-order valence-electron chi connectivity index (χ4n) is 3.52. The molecule has 7 nitrogen and oxygen atoms in total. The summed E-state index contributed by atoms with van der Waals surface area (Å²) < 4.78 is 15.7. The van der Waals surface area contributed by atoms with Gasteiger partial charge in [0, 0.05) is 27.2 Å². The number of halogens is 1. The SMILES string of the molecule is CCN(CC)c1cc2c(cc1NC(=O)Cc1ccc(F)cc1)n(C)c(=O)c(=O)n2C. The Kier molecular flexibility index (Phi) is 6.05. The van der Waals surface area contributed by atoms with Crippen LogP contribution in [0, 0.1) is 5.82 Å². The number of rotatable bonds is 6. The lowest BCUT2D eigenvalue weighted by Crippen LogP contribution is -2.39. The van der Waals surface area contributed by atoms with E-state index in [2.05, 4.69) is 10.2 Å². The number of amides is 1. The predicted molar refractivity (Wildman–Crippen MR) is 117 cm³/mol. The van der Waals surface area contributed by atoms with Crippen molar-refractivity contribution in [2.45, 2.75) is 20.3 Å². The van der Waals surface area contributed by atoms with Crippen molar-refractivity contribution in [2.75, 3.05) is 23.3 Å². The average Bonchev–Trinajstić information content (AvgIpc) is 2.73. The van der Waals surface area contributed by atoms with Crippen LogP contribution in [0.25, 0.3) is 11.0 Å². The maximum Gasteiger partial charge on any atom is 0.316 e. The Balaban J connectivity index is 2.09. The summed E-state index contributed by atoms with van der Waals surface area (Å²) in [5.74, 6) is -0.617. The van der Waals surface area contributed by atoms with Gasteiger partial charge < -0.3 is 19.4 Å². The highest BCUT2D eigenvalue weighted by atomic mass is 19.1. The first-order chi connectivity index (χ1) is 14.3. The Labute approximate surface area is 173 Å². The fraction of sp³-hybridized carbons (Fsp3) is 0.318. The van der Waals surface area contributed by atoms with E-state index in [1.165, 1.54) is 28.3 Å². The van der Waals surface area contributed by atoms with E-state index in [-0.39, 0.29) is 18.1 Å². The molecule has 0 unspecified atom stereocenters. The van der Waals surface area contributed by atoms with Crippen LogP contribution >= 0.6 is 0 Å². The van der Waals surface area contributed by atoms with Crippen molar-refractivity contribution in [2.24, 2.45) is 14.1 Å². The van der Waals surface area contributed by atoms with E-state index in [9.17, 15) is 18.8 Å². The van der Waals surface area contributed by atoms with Crippen molar-refractivity contribution in [3.05, 3.63) is 68.5 Å². The number of carbonyl (C=O) groups is 1. The van der Waals surface area contributed by atoms with E-state index in [4.69, 9.17) is 0 Å². The second-order valence-electron chi connectivity index (χ2n) is 7.11. The number of aromatic nitrogens is 2. The van der Waals surface area contributed by atoms with Crippen LogP contribution in [-0.4, -0.2) is 28.1 Å². The molecule has 158 valence electrons. The molecule has 0 bridgehead atoms. The van der Waals surface area contributed by atoms with Crippen LogP contribution in [0.3, 0.4) is 0 Å². The van der Waals surface area contributed by atoms with Crippen molar-refractivity contribution in [1.82, 2.24) is 9.13 Å². The van der Waals surface area contributed by atoms with Gasteiger partial charge >= 0.3 is 11.1 Å². The first-order valence-corrected chi connectivity index (χ1v) is 9.79. The topological polar surface area (TPSA) is 76.3 Å². The highest BCUT2D eigenvalue weighted by Gasteiger charge is 2.17. The summed E-state index contributed by atoms with van der Waals surface area (Å²) >= 11 is 0. The molecule has 8 heteroatoms. The van der Waals surface area contributed by atoms with Crippen LogP contribution in [0.4, 0.5) is 15.8 Å². The number of nitrogens with zero attached hydrogens (tertiary/aromatic N) is 3. The van der Waals surface area contributed by atoms with E-state index >= 15 is 0 Å². The van der Waals surface area contributed by atoms with Crippen LogP contribution in [-0.2, 0) is 25.3 Å². The molecular formula is C22H25FN4O3. The molecular weight excluding hydrogens is 387 g/mol. The van der Waals surface area contributed by atoms with Gasteiger partial charge in [-0.3, -0.25) is 14.4 Å². The highest BCUT2D eigenvalue weighted by molar-refractivity contribution is 5.99. The van der Waals surface area contributed by atoms with Crippen LogP contribution in [0.1, 0.15) is 19.4 Å². The molecule has 3 aromatic rings. The predicted octanol–water partition coefficient (Wildman–Crippen LogP) is 2.40. The molecule has 0 spiro atoms. The first kappa shape index (κ1) is 21.3. The number of hydrogen-bond donors (Lipinski definition) is 1. The minimum absolute atomic E-state index is 0.0855. The van der Waals surface area contributed by atoms with Crippen LogP contribution < -0.4 is 21.3 Å². The van der Waals surface area contributed by atoms with Gasteiger partial charge in [-0.15, -0.1) is 0 Å². The minimum Gasteiger partial charge on any atom is -0.370 e. The molecule has 3 rings (SSSR count). The Morgan fingerprint density at radius 2 is 1.50 bits per heavy atom. The first-order valence-electron chi connectivity index (χ1n) is 9.79. The Morgan fingerprint density at radius 3 is 2.03 bits per heavy atom. The third-order valence-electron chi connectivity index (χ3n) is 5.26. The zero-order valence-corrected chi connectivity index (χ0v) is 17.5. The van der Waals surface area contributed by atoms with Crippen molar-refractivity contribution in [3.8, 4) is 0 Å². The number of anilines is 2. The second-order valence-corrected chi connectivity index (χ2v) is 7.11. The van der Waals surface area contributed by atoms with E-state index < -0.39 is 11.1 Å². The van der Waals surface area contributed by atoms with Gasteiger partial charge in [0.25, 0.3) is 0 Å². The number of aryl methyl sites for hydroxylation is 2. The monoisotopic (exact) mass is 412 g/mol. The van der Waals surface area contributed by atoms with Gasteiger partial charge in [0.1, 0.15) is 5.82 Å². The summed E-state index contributed by atoms with van der Waals surface area (Å²) in [4.78, 5) is 39.2. The van der Waals surface area contributed by atoms with Crippen molar-refractivity contribution in [1.29, 1.82) is 0 Å². The lowest BCUT2D eigenvalue weighted by Gasteiger charge is -2.25. The molecule has 0 fully saturated rings. The number of hydrogen-bond acceptors (Lipinski definition) is 4. The summed E-state index contributed by atoms with van der Waals surface area (Å²) in [5, 5.41) is 2.92. The van der Waals surface area contributed by atoms with Gasteiger partial charge in [0.05, 0.1) is 28.8 Å². The van der Waals surface area contributed by atoms with E-state index in [1.807, 2.05) is 19.9 Å². The second kappa shape index (κ2) is 8.52. The van der Waals surface area contributed by atoms with Crippen molar-refractivity contribution >= 4 is 28.3 Å². The minimum atomic E-state index is -0.635. The van der Waals surface area contributed by atoms with Crippen LogP contribution in [0.15, 0.2) is 46.0 Å². The zero-order valence-electron chi connectivity index (χ0n) is 17.5. The number of fused-ring (bicyclic) bond motifs is 1. The maximum absolute atomic E-state index is 13.1. The van der Waals surface area contributed by atoms with Gasteiger partial charge in [-0.05, 0) is 43.7 Å².